The number of nitrogens with one attached hydrogen (secondary N) is 1. The maximum Gasteiger partial charge on any atom is 0.255 e. The number of para-hydroxylation sites is 1. The van der Waals surface area contributed by atoms with Gasteiger partial charge in [-0.3, -0.25) is 4.79 Å². The lowest BCUT2D eigenvalue weighted by Gasteiger charge is -2.19. The number of hydrogen-bond donors (Lipinski definition) is 2. The molecule has 0 radical (unpaired) electrons. The van der Waals surface area contributed by atoms with Crippen molar-refractivity contribution >= 4 is 5.91 Å². The smallest absolute Gasteiger partial charge is 0.255 e. The Morgan fingerprint density at radius 3 is 2.94 bits per heavy atom. The van der Waals surface area contributed by atoms with Crippen LogP contribution in [0.15, 0.2) is 30.4 Å². The van der Waals surface area contributed by atoms with Crippen LogP contribution in [0.1, 0.15) is 35.2 Å². The highest BCUT2D eigenvalue weighted by Gasteiger charge is 2.17. The standard InChI is InChI=1S/C14H17NO2/c1-10-6-5-9-12(13(10)16)14(17)15-11-7-3-2-4-8-11/h2-3,5-6,9,11,16H,4,7-8H2,1H3,(H,15,17). The minimum Gasteiger partial charge on any atom is -0.507 e. The minimum absolute atomic E-state index is 0.0800. The summed E-state index contributed by atoms with van der Waals surface area (Å²) in [6.45, 7) is 1.79. The number of amides is 1. The summed E-state index contributed by atoms with van der Waals surface area (Å²) in [7, 11) is 0. The van der Waals surface area contributed by atoms with Crippen molar-refractivity contribution in [1.29, 1.82) is 0 Å². The van der Waals surface area contributed by atoms with Crippen molar-refractivity contribution in [3.8, 4) is 5.75 Å². The van der Waals surface area contributed by atoms with E-state index in [1.807, 2.05) is 0 Å². The van der Waals surface area contributed by atoms with Crippen molar-refractivity contribution in [2.24, 2.45) is 0 Å². The molecule has 1 atom stereocenters. The molecule has 2 rings (SSSR count). The summed E-state index contributed by atoms with van der Waals surface area (Å²) in [5.41, 5.74) is 1.08. The van der Waals surface area contributed by atoms with E-state index in [2.05, 4.69) is 17.5 Å². The summed E-state index contributed by atoms with van der Waals surface area (Å²) in [6, 6.07) is 5.41. The third-order valence-electron chi connectivity index (χ3n) is 3.09. The Hall–Kier alpha value is -1.77. The van der Waals surface area contributed by atoms with E-state index >= 15 is 0 Å². The Labute approximate surface area is 101 Å². The van der Waals surface area contributed by atoms with Crippen LogP contribution >= 0.6 is 0 Å². The molecule has 1 aliphatic rings. The van der Waals surface area contributed by atoms with Crippen molar-refractivity contribution in [1.82, 2.24) is 5.32 Å². The molecule has 0 saturated carbocycles. The third kappa shape index (κ3) is 2.67. The molecule has 3 nitrogen and oxygen atoms in total. The van der Waals surface area contributed by atoms with E-state index < -0.39 is 0 Å². The lowest BCUT2D eigenvalue weighted by molar-refractivity contribution is 0.0932. The number of carbonyl (C=O) groups excluding carboxylic acids is 1. The van der Waals surface area contributed by atoms with E-state index in [1.165, 1.54) is 0 Å². The number of phenols is 1. The van der Waals surface area contributed by atoms with Crippen LogP contribution in [0.5, 0.6) is 5.75 Å². The van der Waals surface area contributed by atoms with Crippen molar-refractivity contribution in [3.05, 3.63) is 41.5 Å². The molecule has 90 valence electrons. The number of benzene rings is 1. The summed E-state index contributed by atoms with van der Waals surface area (Å²) < 4.78 is 0. The summed E-state index contributed by atoms with van der Waals surface area (Å²) >= 11 is 0. The molecule has 0 bridgehead atoms. The predicted molar refractivity (Wildman–Crippen MR) is 67.1 cm³/mol. The Morgan fingerprint density at radius 1 is 1.41 bits per heavy atom. The Bertz CT molecular complexity index is 452. The van der Waals surface area contributed by atoms with Gasteiger partial charge < -0.3 is 10.4 Å². The van der Waals surface area contributed by atoms with Gasteiger partial charge in [-0.25, -0.2) is 0 Å². The SMILES string of the molecule is Cc1cccc(C(=O)NC2CC=CCC2)c1O. The molecule has 1 amide bonds. The highest BCUT2D eigenvalue weighted by atomic mass is 16.3. The van der Waals surface area contributed by atoms with Crippen molar-refractivity contribution in [2.45, 2.75) is 32.2 Å². The average molecular weight is 231 g/mol. The van der Waals surface area contributed by atoms with E-state index in [0.717, 1.165) is 24.8 Å². The second-order valence-electron chi connectivity index (χ2n) is 4.43. The Balaban J connectivity index is 2.09. The fourth-order valence-electron chi connectivity index (χ4n) is 2.03. The van der Waals surface area contributed by atoms with E-state index in [9.17, 15) is 9.90 Å². The molecule has 0 spiro atoms. The number of hydrogen-bond acceptors (Lipinski definition) is 2. The Kier molecular flexibility index (Phi) is 3.47. The highest BCUT2D eigenvalue weighted by Crippen LogP contribution is 2.22. The zero-order valence-corrected chi connectivity index (χ0v) is 9.94. The number of allylic oxidation sites excluding steroid dienone is 1. The van der Waals surface area contributed by atoms with E-state index in [0.29, 0.717) is 5.56 Å². The van der Waals surface area contributed by atoms with Gasteiger partial charge in [0.2, 0.25) is 0 Å². The molecular formula is C14H17NO2. The number of carbonyl (C=O) groups is 1. The molecule has 1 aliphatic carbocycles. The fraction of sp³-hybridized carbons (Fsp3) is 0.357. The quantitative estimate of drug-likeness (QED) is 0.768. The molecule has 0 saturated heterocycles. The topological polar surface area (TPSA) is 49.3 Å². The van der Waals surface area contributed by atoms with Crippen LogP contribution in [0.4, 0.5) is 0 Å². The molecule has 0 heterocycles. The summed E-state index contributed by atoms with van der Waals surface area (Å²) in [5.74, 6) is -0.108. The van der Waals surface area contributed by atoms with E-state index in [-0.39, 0.29) is 17.7 Å². The maximum absolute atomic E-state index is 12.0. The molecule has 17 heavy (non-hydrogen) atoms. The first-order valence-corrected chi connectivity index (χ1v) is 5.93. The molecule has 1 unspecified atom stereocenters. The van der Waals surface area contributed by atoms with Gasteiger partial charge in [0.1, 0.15) is 5.75 Å². The molecule has 0 aromatic heterocycles. The van der Waals surface area contributed by atoms with Gasteiger partial charge >= 0.3 is 0 Å². The van der Waals surface area contributed by atoms with Crippen LogP contribution in [0.3, 0.4) is 0 Å². The van der Waals surface area contributed by atoms with E-state index in [4.69, 9.17) is 0 Å². The van der Waals surface area contributed by atoms with Crippen molar-refractivity contribution in [3.63, 3.8) is 0 Å². The number of aryl methyl sites for hydroxylation is 1. The highest BCUT2D eigenvalue weighted by molar-refractivity contribution is 5.97. The number of phenolic OH excluding ortho intramolecular Hbond substituents is 1. The van der Waals surface area contributed by atoms with Gasteiger partial charge in [-0.05, 0) is 37.8 Å². The van der Waals surface area contributed by atoms with Gasteiger partial charge in [-0.1, -0.05) is 24.3 Å². The van der Waals surface area contributed by atoms with E-state index in [1.54, 1.807) is 25.1 Å². The molecule has 2 N–H and O–H groups in total. The van der Waals surface area contributed by atoms with Crippen molar-refractivity contribution in [2.75, 3.05) is 0 Å². The summed E-state index contributed by atoms with van der Waals surface area (Å²) in [6.07, 6.45) is 7.06. The van der Waals surface area contributed by atoms with Crippen LogP contribution in [-0.4, -0.2) is 17.1 Å². The second-order valence-corrected chi connectivity index (χ2v) is 4.43. The Morgan fingerprint density at radius 2 is 2.24 bits per heavy atom. The normalized spacial score (nSPS) is 19.0. The number of rotatable bonds is 2. The zero-order chi connectivity index (χ0) is 12.3. The van der Waals surface area contributed by atoms with Gasteiger partial charge in [0.15, 0.2) is 0 Å². The van der Waals surface area contributed by atoms with Gasteiger partial charge in [0.05, 0.1) is 5.56 Å². The first-order chi connectivity index (χ1) is 8.18. The molecule has 3 heteroatoms. The first-order valence-electron chi connectivity index (χ1n) is 5.93. The third-order valence-corrected chi connectivity index (χ3v) is 3.09. The van der Waals surface area contributed by atoms with Crippen LogP contribution in [-0.2, 0) is 0 Å². The lowest BCUT2D eigenvalue weighted by Crippen LogP contribution is -2.35. The summed E-state index contributed by atoms with van der Waals surface area (Å²) in [4.78, 5) is 12.0. The molecule has 1 aromatic carbocycles. The van der Waals surface area contributed by atoms with Gasteiger partial charge in [-0.15, -0.1) is 0 Å². The second kappa shape index (κ2) is 5.04. The zero-order valence-electron chi connectivity index (χ0n) is 9.94. The van der Waals surface area contributed by atoms with Crippen LogP contribution in [0.25, 0.3) is 0 Å². The largest absolute Gasteiger partial charge is 0.507 e. The molecule has 0 aliphatic heterocycles. The molecular weight excluding hydrogens is 214 g/mol. The van der Waals surface area contributed by atoms with Crippen LogP contribution in [0.2, 0.25) is 0 Å². The first kappa shape index (κ1) is 11.7. The van der Waals surface area contributed by atoms with Crippen molar-refractivity contribution < 1.29 is 9.90 Å². The van der Waals surface area contributed by atoms with Gasteiger partial charge in [0, 0.05) is 6.04 Å². The predicted octanol–water partition coefficient (Wildman–Crippen LogP) is 2.54. The monoisotopic (exact) mass is 231 g/mol. The van der Waals surface area contributed by atoms with Crippen LogP contribution < -0.4 is 5.32 Å². The fourth-order valence-corrected chi connectivity index (χ4v) is 2.03. The average Bonchev–Trinajstić information content (AvgIpc) is 2.34. The minimum atomic E-state index is -0.188. The molecule has 0 fully saturated rings. The van der Waals surface area contributed by atoms with Crippen LogP contribution in [0, 0.1) is 6.92 Å². The summed E-state index contributed by atoms with van der Waals surface area (Å²) in [5, 5.41) is 12.8. The maximum atomic E-state index is 12.0. The number of aromatic hydroxyl groups is 1. The van der Waals surface area contributed by atoms with Gasteiger partial charge in [-0.2, -0.15) is 0 Å². The van der Waals surface area contributed by atoms with Gasteiger partial charge in [0.25, 0.3) is 5.91 Å². The lowest BCUT2D eigenvalue weighted by atomic mass is 10.0. The molecule has 1 aromatic rings.